The van der Waals surface area contributed by atoms with Crippen LogP contribution in [0.1, 0.15) is 24.6 Å². The van der Waals surface area contributed by atoms with Gasteiger partial charge in [-0.1, -0.05) is 11.2 Å². The Bertz CT molecular complexity index is 332. The molecule has 0 aliphatic carbocycles. The quantitative estimate of drug-likeness (QED) is 0.577. The van der Waals surface area contributed by atoms with E-state index in [4.69, 9.17) is 9.26 Å². The molecule has 88 valence electrons. The van der Waals surface area contributed by atoms with Gasteiger partial charge in [-0.05, 0) is 12.8 Å². The molecule has 1 fully saturated rings. The lowest BCUT2D eigenvalue weighted by molar-refractivity contribution is 0.109. The van der Waals surface area contributed by atoms with Crippen LogP contribution in [0.2, 0.25) is 0 Å². The highest BCUT2D eigenvalue weighted by Crippen LogP contribution is 2.15. The third-order valence-corrected chi connectivity index (χ3v) is 2.51. The normalized spacial score (nSPS) is 20.1. The fourth-order valence-electron chi connectivity index (χ4n) is 1.73. The van der Waals surface area contributed by atoms with E-state index in [9.17, 15) is 0 Å². The molecule has 2 rings (SSSR count). The fourth-order valence-corrected chi connectivity index (χ4v) is 1.73. The number of aromatic nitrogens is 2. The van der Waals surface area contributed by atoms with Crippen molar-refractivity contribution < 1.29 is 9.26 Å². The van der Waals surface area contributed by atoms with Crippen molar-refractivity contribution in [2.45, 2.75) is 31.9 Å². The SMILES string of the molecule is C=CCNCc1nc(CC2CCCO2)no1. The van der Waals surface area contributed by atoms with Gasteiger partial charge in [-0.15, -0.1) is 6.58 Å². The molecule has 1 unspecified atom stereocenters. The summed E-state index contributed by atoms with van der Waals surface area (Å²) in [5.74, 6) is 1.36. The Labute approximate surface area is 94.9 Å². The zero-order valence-electron chi connectivity index (χ0n) is 9.32. The average Bonchev–Trinajstić information content (AvgIpc) is 2.91. The van der Waals surface area contributed by atoms with E-state index in [1.807, 2.05) is 0 Å². The molecule has 0 bridgehead atoms. The van der Waals surface area contributed by atoms with Gasteiger partial charge in [-0.2, -0.15) is 4.98 Å². The van der Waals surface area contributed by atoms with Crippen LogP contribution in [0.15, 0.2) is 17.2 Å². The van der Waals surface area contributed by atoms with Crippen LogP contribution < -0.4 is 5.32 Å². The third kappa shape index (κ3) is 3.15. The average molecular weight is 223 g/mol. The molecule has 1 aliphatic rings. The van der Waals surface area contributed by atoms with Gasteiger partial charge < -0.3 is 14.6 Å². The maximum atomic E-state index is 5.51. The van der Waals surface area contributed by atoms with Gasteiger partial charge in [-0.3, -0.25) is 0 Å². The van der Waals surface area contributed by atoms with E-state index in [2.05, 4.69) is 22.0 Å². The van der Waals surface area contributed by atoms with Gasteiger partial charge in [0.1, 0.15) is 0 Å². The Morgan fingerprint density at radius 3 is 3.25 bits per heavy atom. The fraction of sp³-hybridized carbons (Fsp3) is 0.636. The van der Waals surface area contributed by atoms with Crippen molar-refractivity contribution in [1.29, 1.82) is 0 Å². The van der Waals surface area contributed by atoms with Crippen LogP contribution >= 0.6 is 0 Å². The van der Waals surface area contributed by atoms with Gasteiger partial charge in [0.05, 0.1) is 12.6 Å². The summed E-state index contributed by atoms with van der Waals surface area (Å²) < 4.78 is 10.6. The molecular weight excluding hydrogens is 206 g/mol. The summed E-state index contributed by atoms with van der Waals surface area (Å²) in [6.45, 7) is 5.80. The molecule has 0 spiro atoms. The van der Waals surface area contributed by atoms with Crippen molar-refractivity contribution in [2.75, 3.05) is 13.2 Å². The predicted octanol–water partition coefficient (Wildman–Crippen LogP) is 1.07. The molecule has 1 N–H and O–H groups in total. The molecule has 2 heterocycles. The lowest BCUT2D eigenvalue weighted by atomic mass is 10.2. The van der Waals surface area contributed by atoms with Gasteiger partial charge in [-0.25, -0.2) is 0 Å². The van der Waals surface area contributed by atoms with E-state index in [-0.39, 0.29) is 6.10 Å². The lowest BCUT2D eigenvalue weighted by Crippen LogP contribution is -2.13. The Hall–Kier alpha value is -1.20. The highest BCUT2D eigenvalue weighted by Gasteiger charge is 2.18. The number of hydrogen-bond donors (Lipinski definition) is 1. The van der Waals surface area contributed by atoms with Crippen LogP contribution in [-0.4, -0.2) is 29.4 Å². The van der Waals surface area contributed by atoms with E-state index in [0.717, 1.165) is 38.2 Å². The molecule has 0 radical (unpaired) electrons. The number of nitrogens with zero attached hydrogens (tertiary/aromatic N) is 2. The van der Waals surface area contributed by atoms with Gasteiger partial charge in [0.2, 0.25) is 5.89 Å². The van der Waals surface area contributed by atoms with Crippen LogP contribution in [0.4, 0.5) is 0 Å². The summed E-state index contributed by atoms with van der Waals surface area (Å²) >= 11 is 0. The van der Waals surface area contributed by atoms with Crippen molar-refractivity contribution in [3.63, 3.8) is 0 Å². The Morgan fingerprint density at radius 2 is 2.50 bits per heavy atom. The highest BCUT2D eigenvalue weighted by atomic mass is 16.5. The minimum Gasteiger partial charge on any atom is -0.378 e. The van der Waals surface area contributed by atoms with E-state index in [0.29, 0.717) is 12.4 Å². The summed E-state index contributed by atoms with van der Waals surface area (Å²) in [6, 6.07) is 0. The second-order valence-corrected chi connectivity index (χ2v) is 3.86. The Kier molecular flexibility index (Phi) is 4.07. The molecule has 5 heteroatoms. The van der Waals surface area contributed by atoms with E-state index in [1.165, 1.54) is 0 Å². The molecule has 1 aromatic rings. The summed E-state index contributed by atoms with van der Waals surface area (Å²) in [5.41, 5.74) is 0. The standard InChI is InChI=1S/C11H17N3O2/c1-2-5-12-8-11-13-10(14-16-11)7-9-4-3-6-15-9/h2,9,12H,1,3-8H2. The molecule has 0 saturated carbocycles. The molecule has 1 saturated heterocycles. The zero-order valence-corrected chi connectivity index (χ0v) is 9.32. The van der Waals surface area contributed by atoms with Crippen LogP contribution in [-0.2, 0) is 17.7 Å². The predicted molar refractivity (Wildman–Crippen MR) is 58.9 cm³/mol. The molecule has 0 aromatic carbocycles. The maximum absolute atomic E-state index is 5.51. The molecule has 1 aromatic heterocycles. The monoisotopic (exact) mass is 223 g/mol. The zero-order chi connectivity index (χ0) is 11.2. The summed E-state index contributed by atoms with van der Waals surface area (Å²) in [6.07, 6.45) is 5.05. The van der Waals surface area contributed by atoms with E-state index in [1.54, 1.807) is 6.08 Å². The molecule has 16 heavy (non-hydrogen) atoms. The van der Waals surface area contributed by atoms with Crippen LogP contribution in [0.5, 0.6) is 0 Å². The first-order chi connectivity index (χ1) is 7.88. The first-order valence-electron chi connectivity index (χ1n) is 5.63. The van der Waals surface area contributed by atoms with Crippen molar-refractivity contribution in [2.24, 2.45) is 0 Å². The minimum absolute atomic E-state index is 0.270. The van der Waals surface area contributed by atoms with Crippen LogP contribution in [0, 0.1) is 0 Å². The van der Waals surface area contributed by atoms with Crippen molar-refractivity contribution in [1.82, 2.24) is 15.5 Å². The molecular formula is C11H17N3O2. The van der Waals surface area contributed by atoms with Crippen molar-refractivity contribution >= 4 is 0 Å². The summed E-state index contributed by atoms with van der Waals surface area (Å²) in [4.78, 5) is 4.29. The Morgan fingerprint density at radius 1 is 1.56 bits per heavy atom. The first kappa shape index (κ1) is 11.3. The van der Waals surface area contributed by atoms with E-state index >= 15 is 0 Å². The van der Waals surface area contributed by atoms with E-state index < -0.39 is 0 Å². The summed E-state index contributed by atoms with van der Waals surface area (Å²) in [5, 5.41) is 7.04. The van der Waals surface area contributed by atoms with Gasteiger partial charge in [0, 0.05) is 19.6 Å². The molecule has 1 aliphatic heterocycles. The van der Waals surface area contributed by atoms with Crippen LogP contribution in [0.3, 0.4) is 0 Å². The number of rotatable bonds is 6. The molecule has 5 nitrogen and oxygen atoms in total. The van der Waals surface area contributed by atoms with Crippen molar-refractivity contribution in [3.05, 3.63) is 24.4 Å². The third-order valence-electron chi connectivity index (χ3n) is 2.51. The number of nitrogens with one attached hydrogen (secondary N) is 1. The van der Waals surface area contributed by atoms with Gasteiger partial charge >= 0.3 is 0 Å². The highest BCUT2D eigenvalue weighted by molar-refractivity contribution is 4.90. The summed E-state index contributed by atoms with van der Waals surface area (Å²) in [7, 11) is 0. The van der Waals surface area contributed by atoms with Crippen LogP contribution in [0.25, 0.3) is 0 Å². The first-order valence-corrected chi connectivity index (χ1v) is 5.63. The largest absolute Gasteiger partial charge is 0.378 e. The molecule has 0 amide bonds. The smallest absolute Gasteiger partial charge is 0.240 e. The maximum Gasteiger partial charge on any atom is 0.240 e. The molecule has 1 atom stereocenters. The number of ether oxygens (including phenoxy) is 1. The second-order valence-electron chi connectivity index (χ2n) is 3.86. The van der Waals surface area contributed by atoms with Gasteiger partial charge in [0.15, 0.2) is 5.82 Å². The van der Waals surface area contributed by atoms with Crippen molar-refractivity contribution in [3.8, 4) is 0 Å². The number of hydrogen-bond acceptors (Lipinski definition) is 5. The minimum atomic E-state index is 0.270. The lowest BCUT2D eigenvalue weighted by Gasteiger charge is -2.03. The van der Waals surface area contributed by atoms with Gasteiger partial charge in [0.25, 0.3) is 0 Å². The topological polar surface area (TPSA) is 60.2 Å². The second kappa shape index (κ2) is 5.77. The Balaban J connectivity index is 1.79.